The van der Waals surface area contributed by atoms with Crippen LogP contribution in [0.15, 0.2) is 36.5 Å². The van der Waals surface area contributed by atoms with Gasteiger partial charge in [0.2, 0.25) is 0 Å². The Bertz CT molecular complexity index is 314. The van der Waals surface area contributed by atoms with Crippen LogP contribution >= 0.6 is 0 Å². The van der Waals surface area contributed by atoms with Crippen LogP contribution in [0.4, 0.5) is 0 Å². The predicted octanol–water partition coefficient (Wildman–Crippen LogP) is 6.05. The second-order valence-corrected chi connectivity index (χ2v) is 5.35. The standard InChI is InChI=1S/C19H32O2/c1-2-3-4-5-6-7-8-9-10-11-12-13-14-15-16-17-18-19(20)21/h3-4,6-7,9-10H,2,5,8,11-18H2,1H3,(H,20,21)/b4-3+,7-6+,10-9+. The third-order valence-corrected chi connectivity index (χ3v) is 3.29. The lowest BCUT2D eigenvalue weighted by atomic mass is 10.1. The Labute approximate surface area is 130 Å². The number of aliphatic carboxylic acids is 1. The third kappa shape index (κ3) is 18.7. The molecular weight excluding hydrogens is 260 g/mol. The van der Waals surface area contributed by atoms with Crippen LogP contribution < -0.4 is 0 Å². The van der Waals surface area contributed by atoms with Crippen molar-refractivity contribution in [2.24, 2.45) is 0 Å². The van der Waals surface area contributed by atoms with Crippen molar-refractivity contribution in [3.63, 3.8) is 0 Å². The van der Waals surface area contributed by atoms with Crippen molar-refractivity contribution in [1.29, 1.82) is 0 Å². The van der Waals surface area contributed by atoms with Crippen LogP contribution in [-0.4, -0.2) is 11.1 Å². The average molecular weight is 292 g/mol. The Morgan fingerprint density at radius 2 is 1.29 bits per heavy atom. The monoisotopic (exact) mass is 292 g/mol. The average Bonchev–Trinajstić information content (AvgIpc) is 2.46. The minimum atomic E-state index is -0.671. The molecule has 1 N–H and O–H groups in total. The molecule has 0 aliphatic heterocycles. The minimum Gasteiger partial charge on any atom is -0.481 e. The smallest absolute Gasteiger partial charge is 0.303 e. The topological polar surface area (TPSA) is 37.3 Å². The Kier molecular flexibility index (Phi) is 15.7. The molecule has 0 fully saturated rings. The van der Waals surface area contributed by atoms with E-state index in [1.165, 1.54) is 32.1 Å². The molecule has 0 saturated heterocycles. The lowest BCUT2D eigenvalue weighted by molar-refractivity contribution is -0.137. The van der Waals surface area contributed by atoms with Gasteiger partial charge in [-0.3, -0.25) is 4.79 Å². The molecule has 0 saturated carbocycles. The van der Waals surface area contributed by atoms with Crippen LogP contribution in [0.5, 0.6) is 0 Å². The van der Waals surface area contributed by atoms with Gasteiger partial charge in [-0.25, -0.2) is 0 Å². The lowest BCUT2D eigenvalue weighted by Crippen LogP contribution is -1.93. The Morgan fingerprint density at radius 3 is 1.90 bits per heavy atom. The first-order valence-electron chi connectivity index (χ1n) is 8.44. The van der Waals surface area contributed by atoms with E-state index >= 15 is 0 Å². The highest BCUT2D eigenvalue weighted by Gasteiger charge is 1.95. The molecule has 120 valence electrons. The number of carboxylic acids is 1. The van der Waals surface area contributed by atoms with Gasteiger partial charge in [0.05, 0.1) is 0 Å². The van der Waals surface area contributed by atoms with E-state index in [1.807, 2.05) is 0 Å². The second kappa shape index (κ2) is 16.7. The molecule has 0 unspecified atom stereocenters. The van der Waals surface area contributed by atoms with E-state index in [9.17, 15) is 4.79 Å². The first kappa shape index (κ1) is 19.7. The Hall–Kier alpha value is -1.31. The molecule has 0 aromatic heterocycles. The highest BCUT2D eigenvalue weighted by atomic mass is 16.4. The molecule has 0 aromatic carbocycles. The molecule has 0 spiro atoms. The van der Waals surface area contributed by atoms with E-state index in [1.54, 1.807) is 0 Å². The molecule has 2 heteroatoms. The lowest BCUT2D eigenvalue weighted by Gasteiger charge is -1.99. The summed E-state index contributed by atoms with van der Waals surface area (Å²) in [6.07, 6.45) is 24.8. The number of hydrogen-bond donors (Lipinski definition) is 1. The van der Waals surface area contributed by atoms with E-state index in [0.717, 1.165) is 32.1 Å². The van der Waals surface area contributed by atoms with Crippen LogP contribution in [0.2, 0.25) is 0 Å². The highest BCUT2D eigenvalue weighted by Crippen LogP contribution is 2.09. The summed E-state index contributed by atoms with van der Waals surface area (Å²) in [7, 11) is 0. The number of carboxylic acid groups (broad SMARTS) is 1. The van der Waals surface area contributed by atoms with Crippen molar-refractivity contribution in [2.45, 2.75) is 77.6 Å². The highest BCUT2D eigenvalue weighted by molar-refractivity contribution is 5.66. The summed E-state index contributed by atoms with van der Waals surface area (Å²) in [5.74, 6) is -0.671. The summed E-state index contributed by atoms with van der Waals surface area (Å²) in [6, 6.07) is 0. The van der Waals surface area contributed by atoms with E-state index in [0.29, 0.717) is 6.42 Å². The minimum absolute atomic E-state index is 0.324. The van der Waals surface area contributed by atoms with Gasteiger partial charge in [-0.2, -0.15) is 0 Å². The molecule has 0 rings (SSSR count). The summed E-state index contributed by atoms with van der Waals surface area (Å²) < 4.78 is 0. The van der Waals surface area contributed by atoms with Crippen LogP contribution in [0.1, 0.15) is 77.6 Å². The van der Waals surface area contributed by atoms with E-state index in [4.69, 9.17) is 5.11 Å². The van der Waals surface area contributed by atoms with Crippen molar-refractivity contribution in [1.82, 2.24) is 0 Å². The van der Waals surface area contributed by atoms with Crippen LogP contribution in [0.25, 0.3) is 0 Å². The number of hydrogen-bond acceptors (Lipinski definition) is 1. The van der Waals surface area contributed by atoms with E-state index in [2.05, 4.69) is 43.4 Å². The molecule has 0 bridgehead atoms. The number of carbonyl (C=O) groups is 1. The van der Waals surface area contributed by atoms with Crippen LogP contribution in [-0.2, 0) is 4.79 Å². The zero-order valence-electron chi connectivity index (χ0n) is 13.6. The molecule has 0 radical (unpaired) electrons. The van der Waals surface area contributed by atoms with Gasteiger partial charge < -0.3 is 5.11 Å². The zero-order valence-corrected chi connectivity index (χ0v) is 13.6. The first-order valence-corrected chi connectivity index (χ1v) is 8.44. The van der Waals surface area contributed by atoms with Crippen molar-refractivity contribution >= 4 is 5.97 Å². The fourth-order valence-electron chi connectivity index (χ4n) is 2.07. The summed E-state index contributed by atoms with van der Waals surface area (Å²) in [5.41, 5.74) is 0. The summed E-state index contributed by atoms with van der Waals surface area (Å²) >= 11 is 0. The normalized spacial score (nSPS) is 12.0. The second-order valence-electron chi connectivity index (χ2n) is 5.35. The van der Waals surface area contributed by atoms with Crippen molar-refractivity contribution < 1.29 is 9.90 Å². The van der Waals surface area contributed by atoms with E-state index in [-0.39, 0.29) is 0 Å². The molecule has 0 aliphatic carbocycles. The fraction of sp³-hybridized carbons (Fsp3) is 0.632. The van der Waals surface area contributed by atoms with Gasteiger partial charge in [-0.05, 0) is 38.5 Å². The SMILES string of the molecule is CC/C=C/C/C=C/C/C=C/CCCCCCCCC(=O)O. The number of rotatable bonds is 14. The maximum atomic E-state index is 10.3. The van der Waals surface area contributed by atoms with Gasteiger partial charge in [0.1, 0.15) is 0 Å². The molecule has 0 heterocycles. The summed E-state index contributed by atoms with van der Waals surface area (Å²) in [5, 5.41) is 8.51. The predicted molar refractivity (Wildman–Crippen MR) is 91.5 cm³/mol. The van der Waals surface area contributed by atoms with Crippen molar-refractivity contribution in [3.8, 4) is 0 Å². The van der Waals surface area contributed by atoms with Crippen LogP contribution in [0.3, 0.4) is 0 Å². The molecule has 2 nitrogen and oxygen atoms in total. The fourth-order valence-corrected chi connectivity index (χ4v) is 2.07. The van der Waals surface area contributed by atoms with Crippen LogP contribution in [0, 0.1) is 0 Å². The number of allylic oxidation sites excluding steroid dienone is 6. The van der Waals surface area contributed by atoms with Gasteiger partial charge in [0.25, 0.3) is 0 Å². The molecule has 0 aliphatic rings. The maximum absolute atomic E-state index is 10.3. The Morgan fingerprint density at radius 1 is 0.762 bits per heavy atom. The number of unbranched alkanes of at least 4 members (excludes halogenated alkanes) is 6. The van der Waals surface area contributed by atoms with Crippen molar-refractivity contribution in [3.05, 3.63) is 36.5 Å². The summed E-state index contributed by atoms with van der Waals surface area (Å²) in [4.78, 5) is 10.3. The molecule has 0 atom stereocenters. The third-order valence-electron chi connectivity index (χ3n) is 3.29. The molecule has 0 aromatic rings. The largest absolute Gasteiger partial charge is 0.481 e. The van der Waals surface area contributed by atoms with Gasteiger partial charge >= 0.3 is 5.97 Å². The zero-order chi connectivity index (χ0) is 15.6. The van der Waals surface area contributed by atoms with E-state index < -0.39 is 5.97 Å². The van der Waals surface area contributed by atoms with Gasteiger partial charge in [-0.1, -0.05) is 69.1 Å². The summed E-state index contributed by atoms with van der Waals surface area (Å²) in [6.45, 7) is 2.15. The van der Waals surface area contributed by atoms with Gasteiger partial charge in [-0.15, -0.1) is 0 Å². The van der Waals surface area contributed by atoms with Crippen molar-refractivity contribution in [2.75, 3.05) is 0 Å². The van der Waals surface area contributed by atoms with Gasteiger partial charge in [0, 0.05) is 6.42 Å². The van der Waals surface area contributed by atoms with Gasteiger partial charge in [0.15, 0.2) is 0 Å². The quantitative estimate of drug-likeness (QED) is 0.312. The maximum Gasteiger partial charge on any atom is 0.303 e. The molecule has 0 amide bonds. The Balaban J connectivity index is 3.22. The first-order chi connectivity index (χ1) is 10.3. The molecule has 21 heavy (non-hydrogen) atoms. The molecular formula is C19H32O2.